The van der Waals surface area contributed by atoms with Gasteiger partial charge in [-0.05, 0) is 43.1 Å². The first-order chi connectivity index (χ1) is 14.1. The van der Waals surface area contributed by atoms with Gasteiger partial charge in [-0.2, -0.15) is 0 Å². The normalized spacial score (nSPS) is 14.7. The molecule has 1 aromatic carbocycles. The quantitative estimate of drug-likeness (QED) is 0.697. The molecule has 0 saturated carbocycles. The van der Waals surface area contributed by atoms with E-state index in [0.717, 1.165) is 52.1 Å². The second-order valence-electron chi connectivity index (χ2n) is 7.69. The van der Waals surface area contributed by atoms with Crippen LogP contribution in [0, 0.1) is 0 Å². The summed E-state index contributed by atoms with van der Waals surface area (Å²) in [7, 11) is 3.52. The van der Waals surface area contributed by atoms with Crippen LogP contribution in [0.2, 0.25) is 0 Å². The van der Waals surface area contributed by atoms with Crippen LogP contribution in [0.1, 0.15) is 29.3 Å². The standard InChI is InChI=1S/C23H33N5O/c1-4-19-9-5-6-11-21(19)28-17-15-27(16-18-28)14-8-13-25-22-20(10-7-12-24-22)23(29)26(2)3/h5-7,9-12H,4,8,13-18H2,1-3H3,(H,24,25). The molecule has 156 valence electrons. The lowest BCUT2D eigenvalue weighted by Gasteiger charge is -2.37. The van der Waals surface area contributed by atoms with Gasteiger partial charge < -0.3 is 15.1 Å². The SMILES string of the molecule is CCc1ccccc1N1CCN(CCCNc2ncccc2C(=O)N(C)C)CC1. The maximum absolute atomic E-state index is 12.3. The minimum atomic E-state index is -0.0240. The molecule has 1 aromatic heterocycles. The molecule has 1 aliphatic heterocycles. The number of nitrogens with one attached hydrogen (secondary N) is 1. The van der Waals surface area contributed by atoms with E-state index in [-0.39, 0.29) is 5.91 Å². The Morgan fingerprint density at radius 3 is 2.59 bits per heavy atom. The zero-order valence-electron chi connectivity index (χ0n) is 17.9. The van der Waals surface area contributed by atoms with E-state index in [1.54, 1.807) is 31.3 Å². The second-order valence-corrected chi connectivity index (χ2v) is 7.69. The number of hydrogen-bond donors (Lipinski definition) is 1. The first-order valence-electron chi connectivity index (χ1n) is 10.6. The maximum Gasteiger partial charge on any atom is 0.257 e. The molecule has 1 saturated heterocycles. The molecule has 1 N–H and O–H groups in total. The molecule has 1 aliphatic rings. The average Bonchev–Trinajstić information content (AvgIpc) is 2.77. The van der Waals surface area contributed by atoms with Gasteiger partial charge in [0.15, 0.2) is 0 Å². The zero-order chi connectivity index (χ0) is 20.6. The Hall–Kier alpha value is -2.60. The lowest BCUT2D eigenvalue weighted by molar-refractivity contribution is 0.0828. The van der Waals surface area contributed by atoms with Gasteiger partial charge in [-0.1, -0.05) is 25.1 Å². The largest absolute Gasteiger partial charge is 0.369 e. The van der Waals surface area contributed by atoms with E-state index in [1.165, 1.54) is 11.3 Å². The third-order valence-electron chi connectivity index (χ3n) is 5.47. The molecule has 1 amide bonds. The summed E-state index contributed by atoms with van der Waals surface area (Å²) in [5.41, 5.74) is 3.45. The van der Waals surface area contributed by atoms with Crippen LogP contribution in [0.25, 0.3) is 0 Å². The van der Waals surface area contributed by atoms with E-state index >= 15 is 0 Å². The van der Waals surface area contributed by atoms with Gasteiger partial charge in [0, 0.05) is 58.7 Å². The number of carbonyl (C=O) groups excluding carboxylic acids is 1. The molecule has 3 rings (SSSR count). The van der Waals surface area contributed by atoms with Gasteiger partial charge in [-0.15, -0.1) is 0 Å². The van der Waals surface area contributed by atoms with Crippen molar-refractivity contribution in [2.75, 3.05) is 63.6 Å². The van der Waals surface area contributed by atoms with Crippen molar-refractivity contribution in [1.29, 1.82) is 0 Å². The molecular formula is C23H33N5O. The van der Waals surface area contributed by atoms with Crippen LogP contribution in [0.4, 0.5) is 11.5 Å². The van der Waals surface area contributed by atoms with Crippen molar-refractivity contribution in [2.45, 2.75) is 19.8 Å². The zero-order valence-corrected chi connectivity index (χ0v) is 17.9. The Labute approximate surface area is 174 Å². The van der Waals surface area contributed by atoms with Crippen LogP contribution in [-0.4, -0.2) is 74.1 Å². The molecule has 0 aliphatic carbocycles. The van der Waals surface area contributed by atoms with Gasteiger partial charge in [-0.3, -0.25) is 9.69 Å². The van der Waals surface area contributed by atoms with Crippen molar-refractivity contribution in [3.8, 4) is 0 Å². The smallest absolute Gasteiger partial charge is 0.257 e. The summed E-state index contributed by atoms with van der Waals surface area (Å²) in [6.45, 7) is 8.42. The Bertz CT molecular complexity index is 799. The summed E-state index contributed by atoms with van der Waals surface area (Å²) in [5, 5.41) is 3.34. The molecular weight excluding hydrogens is 362 g/mol. The highest BCUT2D eigenvalue weighted by Crippen LogP contribution is 2.22. The molecule has 2 heterocycles. The highest BCUT2D eigenvalue weighted by atomic mass is 16.2. The fourth-order valence-corrected chi connectivity index (χ4v) is 3.80. The van der Waals surface area contributed by atoms with E-state index in [0.29, 0.717) is 11.4 Å². The Balaban J connectivity index is 1.44. The van der Waals surface area contributed by atoms with Crippen LogP contribution in [-0.2, 0) is 6.42 Å². The third-order valence-corrected chi connectivity index (χ3v) is 5.47. The Kier molecular flexibility index (Phi) is 7.47. The van der Waals surface area contributed by atoms with Crippen molar-refractivity contribution in [3.63, 3.8) is 0 Å². The molecule has 1 fully saturated rings. The Morgan fingerprint density at radius 2 is 1.86 bits per heavy atom. The van der Waals surface area contributed by atoms with Gasteiger partial charge in [-0.25, -0.2) is 4.98 Å². The number of nitrogens with zero attached hydrogens (tertiary/aromatic N) is 4. The van der Waals surface area contributed by atoms with Crippen LogP contribution in [0.15, 0.2) is 42.6 Å². The first-order valence-corrected chi connectivity index (χ1v) is 10.6. The fourth-order valence-electron chi connectivity index (χ4n) is 3.80. The molecule has 29 heavy (non-hydrogen) atoms. The van der Waals surface area contributed by atoms with Gasteiger partial charge in [0.1, 0.15) is 5.82 Å². The molecule has 6 heteroatoms. The summed E-state index contributed by atoms with van der Waals surface area (Å²) in [5.74, 6) is 0.649. The molecule has 2 aromatic rings. The van der Waals surface area contributed by atoms with Crippen molar-refractivity contribution in [2.24, 2.45) is 0 Å². The number of aryl methyl sites for hydroxylation is 1. The summed E-state index contributed by atoms with van der Waals surface area (Å²) < 4.78 is 0. The number of para-hydroxylation sites is 1. The first kappa shape index (κ1) is 21.1. The van der Waals surface area contributed by atoms with Crippen molar-refractivity contribution < 1.29 is 4.79 Å². The van der Waals surface area contributed by atoms with Crippen molar-refractivity contribution in [1.82, 2.24) is 14.8 Å². The summed E-state index contributed by atoms with van der Waals surface area (Å²) in [4.78, 5) is 23.2. The van der Waals surface area contributed by atoms with E-state index in [1.807, 2.05) is 6.07 Å². The summed E-state index contributed by atoms with van der Waals surface area (Å²) >= 11 is 0. The van der Waals surface area contributed by atoms with Crippen LogP contribution >= 0.6 is 0 Å². The number of rotatable bonds is 8. The van der Waals surface area contributed by atoms with Crippen LogP contribution < -0.4 is 10.2 Å². The minimum absolute atomic E-state index is 0.0240. The molecule has 0 atom stereocenters. The number of pyridine rings is 1. The average molecular weight is 396 g/mol. The maximum atomic E-state index is 12.3. The van der Waals surface area contributed by atoms with Gasteiger partial charge in [0.2, 0.25) is 0 Å². The van der Waals surface area contributed by atoms with E-state index in [9.17, 15) is 4.79 Å². The minimum Gasteiger partial charge on any atom is -0.369 e. The molecule has 0 radical (unpaired) electrons. The topological polar surface area (TPSA) is 51.7 Å². The number of carbonyl (C=O) groups is 1. The van der Waals surface area contributed by atoms with Gasteiger partial charge in [0.05, 0.1) is 5.56 Å². The number of anilines is 2. The predicted molar refractivity (Wildman–Crippen MR) is 120 cm³/mol. The van der Waals surface area contributed by atoms with Gasteiger partial charge in [0.25, 0.3) is 5.91 Å². The number of aromatic nitrogens is 1. The number of hydrogen-bond acceptors (Lipinski definition) is 5. The number of benzene rings is 1. The Morgan fingerprint density at radius 1 is 1.10 bits per heavy atom. The predicted octanol–water partition coefficient (Wildman–Crippen LogP) is 2.97. The summed E-state index contributed by atoms with van der Waals surface area (Å²) in [6, 6.07) is 12.4. The van der Waals surface area contributed by atoms with Crippen molar-refractivity contribution >= 4 is 17.4 Å². The lowest BCUT2D eigenvalue weighted by Crippen LogP contribution is -2.47. The van der Waals surface area contributed by atoms with Gasteiger partial charge >= 0.3 is 0 Å². The van der Waals surface area contributed by atoms with Crippen LogP contribution in [0.5, 0.6) is 0 Å². The highest BCUT2D eigenvalue weighted by Gasteiger charge is 2.18. The lowest BCUT2D eigenvalue weighted by atomic mass is 10.1. The van der Waals surface area contributed by atoms with Crippen molar-refractivity contribution in [3.05, 3.63) is 53.7 Å². The second kappa shape index (κ2) is 10.3. The fraction of sp³-hybridized carbons (Fsp3) is 0.478. The molecule has 0 spiro atoms. The van der Waals surface area contributed by atoms with E-state index in [2.05, 4.69) is 51.3 Å². The molecule has 0 bridgehead atoms. The van der Waals surface area contributed by atoms with Crippen LogP contribution in [0.3, 0.4) is 0 Å². The highest BCUT2D eigenvalue weighted by molar-refractivity contribution is 5.98. The molecule has 6 nitrogen and oxygen atoms in total. The number of piperazine rings is 1. The molecule has 0 unspecified atom stereocenters. The third kappa shape index (κ3) is 5.48. The monoisotopic (exact) mass is 395 g/mol. The summed E-state index contributed by atoms with van der Waals surface area (Å²) in [6.07, 6.45) is 3.83. The number of amides is 1. The van der Waals surface area contributed by atoms with E-state index in [4.69, 9.17) is 0 Å². The van der Waals surface area contributed by atoms with E-state index < -0.39 is 0 Å².